The molecule has 13 heavy (non-hydrogen) atoms. The highest BCUT2D eigenvalue weighted by atomic mass is 79.9. The number of halogens is 4. The molecule has 0 aliphatic carbocycles. The summed E-state index contributed by atoms with van der Waals surface area (Å²) in [6.07, 6.45) is -2.65. The van der Waals surface area contributed by atoms with Gasteiger partial charge in [0, 0.05) is 6.54 Å². The first kappa shape index (κ1) is 10.8. The molecule has 0 aliphatic heterocycles. The predicted octanol–water partition coefficient (Wildman–Crippen LogP) is 2.89. The van der Waals surface area contributed by atoms with Crippen LogP contribution >= 0.6 is 27.5 Å². The quantitative estimate of drug-likeness (QED) is 0.840. The van der Waals surface area contributed by atoms with E-state index >= 15 is 0 Å². The van der Waals surface area contributed by atoms with E-state index in [2.05, 4.69) is 20.9 Å². The van der Waals surface area contributed by atoms with Crippen molar-refractivity contribution in [2.75, 3.05) is 0 Å². The Kier molecular flexibility index (Phi) is 3.58. The Hall–Kier alpha value is -0.260. The monoisotopic (exact) mass is 270 g/mol. The van der Waals surface area contributed by atoms with Crippen molar-refractivity contribution >= 4 is 27.5 Å². The van der Waals surface area contributed by atoms with E-state index in [0.29, 0.717) is 10.2 Å². The molecule has 0 unspecified atom stereocenters. The van der Waals surface area contributed by atoms with Crippen LogP contribution in [0.25, 0.3) is 0 Å². The molecule has 6 heteroatoms. The van der Waals surface area contributed by atoms with Gasteiger partial charge in [0.1, 0.15) is 9.76 Å². The summed E-state index contributed by atoms with van der Waals surface area (Å²) in [6, 6.07) is 1.44. The largest absolute Gasteiger partial charge is 0.326 e. The fourth-order valence-corrected chi connectivity index (χ4v) is 1.79. The van der Waals surface area contributed by atoms with Crippen LogP contribution in [0.3, 0.4) is 0 Å². The van der Waals surface area contributed by atoms with Crippen LogP contribution in [0.15, 0.2) is 10.7 Å². The van der Waals surface area contributed by atoms with Gasteiger partial charge in [0.05, 0.1) is 5.56 Å². The van der Waals surface area contributed by atoms with Crippen molar-refractivity contribution in [3.8, 4) is 0 Å². The average Bonchev–Trinajstić information content (AvgIpc) is 2.01. The van der Waals surface area contributed by atoms with E-state index < -0.39 is 6.43 Å². The third-order valence-electron chi connectivity index (χ3n) is 1.50. The van der Waals surface area contributed by atoms with Crippen LogP contribution in [0, 0.1) is 0 Å². The number of nitrogens with two attached hydrogens (primary N) is 1. The summed E-state index contributed by atoms with van der Waals surface area (Å²) in [5, 5.41) is -0.204. The van der Waals surface area contributed by atoms with Gasteiger partial charge >= 0.3 is 0 Å². The smallest absolute Gasteiger partial charge is 0.267 e. The Labute approximate surface area is 87.2 Å². The Morgan fingerprint density at radius 3 is 2.69 bits per heavy atom. The third-order valence-corrected chi connectivity index (χ3v) is 2.20. The summed E-state index contributed by atoms with van der Waals surface area (Å²) in [6.45, 7) is 0.0144. The Morgan fingerprint density at radius 2 is 2.23 bits per heavy atom. The maximum atomic E-state index is 12.4. The number of hydrogen-bond acceptors (Lipinski definition) is 2. The molecule has 72 valence electrons. The Balaban J connectivity index is 3.30. The molecule has 0 amide bonds. The van der Waals surface area contributed by atoms with Crippen molar-refractivity contribution in [2.24, 2.45) is 5.73 Å². The SMILES string of the molecule is NCc1cc(Br)nc(Cl)c1C(F)F. The van der Waals surface area contributed by atoms with Crippen LogP contribution in [0.2, 0.25) is 5.15 Å². The lowest BCUT2D eigenvalue weighted by atomic mass is 10.1. The Bertz CT molecular complexity index is 320. The standard InChI is InChI=1S/C7H6BrClF2N2/c8-4-1-3(2-12)5(7(10)11)6(9)13-4/h1,7H,2,12H2. The van der Waals surface area contributed by atoms with Gasteiger partial charge in [0.15, 0.2) is 0 Å². The molecular formula is C7H6BrClF2N2. The van der Waals surface area contributed by atoms with E-state index in [4.69, 9.17) is 17.3 Å². The van der Waals surface area contributed by atoms with E-state index in [1.54, 1.807) is 0 Å². The second-order valence-corrected chi connectivity index (χ2v) is 3.48. The number of aromatic nitrogens is 1. The molecule has 2 nitrogen and oxygen atoms in total. The number of rotatable bonds is 2. The average molecular weight is 271 g/mol. The van der Waals surface area contributed by atoms with Crippen molar-refractivity contribution in [3.63, 3.8) is 0 Å². The first-order valence-electron chi connectivity index (χ1n) is 3.39. The van der Waals surface area contributed by atoms with E-state index in [0.717, 1.165) is 0 Å². The van der Waals surface area contributed by atoms with E-state index in [9.17, 15) is 8.78 Å². The van der Waals surface area contributed by atoms with Crippen LogP contribution in [0.5, 0.6) is 0 Å². The summed E-state index contributed by atoms with van der Waals surface area (Å²) in [5.74, 6) is 0. The number of pyridine rings is 1. The number of alkyl halides is 2. The van der Waals surface area contributed by atoms with Gasteiger partial charge in [-0.15, -0.1) is 0 Å². The lowest BCUT2D eigenvalue weighted by Gasteiger charge is -2.08. The van der Waals surface area contributed by atoms with E-state index in [1.165, 1.54) is 6.07 Å². The number of hydrogen-bond donors (Lipinski definition) is 1. The zero-order chi connectivity index (χ0) is 10.0. The molecule has 1 heterocycles. The molecule has 0 spiro atoms. The van der Waals surface area contributed by atoms with Gasteiger partial charge in [0.25, 0.3) is 6.43 Å². The predicted molar refractivity (Wildman–Crippen MR) is 49.8 cm³/mol. The zero-order valence-electron chi connectivity index (χ0n) is 6.40. The molecule has 0 aromatic carbocycles. The fourth-order valence-electron chi connectivity index (χ4n) is 0.939. The first-order chi connectivity index (χ1) is 6.06. The lowest BCUT2D eigenvalue weighted by Crippen LogP contribution is -2.04. The van der Waals surface area contributed by atoms with Crippen LogP contribution in [0.4, 0.5) is 8.78 Å². The summed E-state index contributed by atoms with van der Waals surface area (Å²) < 4.78 is 25.2. The van der Waals surface area contributed by atoms with Crippen molar-refractivity contribution in [1.82, 2.24) is 4.98 Å². The van der Waals surface area contributed by atoms with Crippen molar-refractivity contribution in [1.29, 1.82) is 0 Å². The molecule has 2 N–H and O–H groups in total. The van der Waals surface area contributed by atoms with E-state index in [1.807, 2.05) is 0 Å². The fraction of sp³-hybridized carbons (Fsp3) is 0.286. The van der Waals surface area contributed by atoms with Gasteiger partial charge in [-0.3, -0.25) is 0 Å². The number of nitrogens with zero attached hydrogens (tertiary/aromatic N) is 1. The maximum absolute atomic E-state index is 12.4. The summed E-state index contributed by atoms with van der Waals surface area (Å²) in [4.78, 5) is 3.65. The molecule has 1 rings (SSSR count). The zero-order valence-corrected chi connectivity index (χ0v) is 8.74. The maximum Gasteiger partial charge on any atom is 0.267 e. The molecule has 0 saturated heterocycles. The molecule has 0 saturated carbocycles. The minimum Gasteiger partial charge on any atom is -0.326 e. The molecular weight excluding hydrogens is 265 g/mol. The highest BCUT2D eigenvalue weighted by Gasteiger charge is 2.18. The van der Waals surface area contributed by atoms with Crippen LogP contribution < -0.4 is 5.73 Å². The molecule has 1 aromatic heterocycles. The molecule has 0 fully saturated rings. The van der Waals surface area contributed by atoms with Gasteiger partial charge in [-0.2, -0.15) is 0 Å². The summed E-state index contributed by atoms with van der Waals surface area (Å²) in [5.41, 5.74) is 5.31. The molecule has 0 radical (unpaired) electrons. The van der Waals surface area contributed by atoms with Gasteiger partial charge in [-0.05, 0) is 27.6 Å². The van der Waals surface area contributed by atoms with Crippen LogP contribution in [-0.2, 0) is 6.54 Å². The topological polar surface area (TPSA) is 38.9 Å². The van der Waals surface area contributed by atoms with Gasteiger partial charge in [0.2, 0.25) is 0 Å². The highest BCUT2D eigenvalue weighted by molar-refractivity contribution is 9.10. The second-order valence-electron chi connectivity index (χ2n) is 2.31. The lowest BCUT2D eigenvalue weighted by molar-refractivity contribution is 0.150. The Morgan fingerprint density at radius 1 is 1.62 bits per heavy atom. The summed E-state index contributed by atoms with van der Waals surface area (Å²) in [7, 11) is 0. The molecule has 0 bridgehead atoms. The van der Waals surface area contributed by atoms with E-state index in [-0.39, 0.29) is 17.3 Å². The van der Waals surface area contributed by atoms with Gasteiger partial charge in [-0.25, -0.2) is 13.8 Å². The van der Waals surface area contributed by atoms with Crippen LogP contribution in [0.1, 0.15) is 17.6 Å². The molecule has 0 aliphatic rings. The summed E-state index contributed by atoms with van der Waals surface area (Å²) >= 11 is 8.57. The van der Waals surface area contributed by atoms with Crippen molar-refractivity contribution in [2.45, 2.75) is 13.0 Å². The molecule has 0 atom stereocenters. The molecule has 1 aromatic rings. The third kappa shape index (κ3) is 2.36. The normalized spacial score (nSPS) is 10.9. The second kappa shape index (κ2) is 4.30. The van der Waals surface area contributed by atoms with Crippen LogP contribution in [-0.4, -0.2) is 4.98 Å². The minimum absolute atomic E-state index is 0.0144. The van der Waals surface area contributed by atoms with Gasteiger partial charge < -0.3 is 5.73 Å². The van der Waals surface area contributed by atoms with Crippen molar-refractivity contribution < 1.29 is 8.78 Å². The highest BCUT2D eigenvalue weighted by Crippen LogP contribution is 2.30. The minimum atomic E-state index is -2.65. The van der Waals surface area contributed by atoms with Crippen molar-refractivity contribution in [3.05, 3.63) is 26.9 Å². The first-order valence-corrected chi connectivity index (χ1v) is 4.56. The van der Waals surface area contributed by atoms with Gasteiger partial charge in [-0.1, -0.05) is 11.6 Å².